The van der Waals surface area contributed by atoms with Gasteiger partial charge in [-0.1, -0.05) is 42.0 Å². The normalized spacial score (nSPS) is 10.9. The molecule has 2 N–H and O–H groups in total. The van der Waals surface area contributed by atoms with Crippen molar-refractivity contribution in [3.05, 3.63) is 78.0 Å². The number of hydrogen-bond acceptors (Lipinski definition) is 5. The third-order valence-corrected chi connectivity index (χ3v) is 4.49. The monoisotopic (exact) mass is 374 g/mol. The predicted octanol–water partition coefficient (Wildman–Crippen LogP) is 3.62. The summed E-state index contributed by atoms with van der Waals surface area (Å²) in [6, 6.07) is 18.2. The van der Waals surface area contributed by atoms with E-state index in [2.05, 4.69) is 4.98 Å². The Morgan fingerprint density at radius 3 is 2.46 bits per heavy atom. The number of hydrogen-bond donors (Lipinski definition) is 2. The van der Waals surface area contributed by atoms with E-state index in [1.807, 2.05) is 55.5 Å². The standard InChI is InChI=1S/C22H18N2O4/c1-14-7-8-18-17(11-14)22(15-5-3-2-4-6-15)16(13-23-18)12-21(27)28-24-19(25)9-10-20(24)26/h2-11,13,25-26H,12H2,1H3. The molecule has 4 rings (SSSR count). The predicted molar refractivity (Wildman–Crippen MR) is 105 cm³/mol. The number of benzene rings is 2. The summed E-state index contributed by atoms with van der Waals surface area (Å²) in [5.74, 6) is -1.35. The summed E-state index contributed by atoms with van der Waals surface area (Å²) < 4.78 is 0.684. The molecule has 140 valence electrons. The van der Waals surface area contributed by atoms with E-state index >= 15 is 0 Å². The second kappa shape index (κ2) is 7.08. The number of aromatic nitrogens is 2. The molecule has 0 amide bonds. The van der Waals surface area contributed by atoms with Gasteiger partial charge in [0, 0.05) is 23.7 Å². The molecule has 0 unspecified atom stereocenters. The summed E-state index contributed by atoms with van der Waals surface area (Å²) in [5, 5.41) is 20.3. The molecule has 4 aromatic rings. The zero-order valence-electron chi connectivity index (χ0n) is 15.2. The maximum atomic E-state index is 12.5. The van der Waals surface area contributed by atoms with Crippen molar-refractivity contribution in [1.82, 2.24) is 9.71 Å². The van der Waals surface area contributed by atoms with Crippen molar-refractivity contribution < 1.29 is 19.8 Å². The van der Waals surface area contributed by atoms with Gasteiger partial charge in [0.1, 0.15) is 0 Å². The average molecular weight is 374 g/mol. The Morgan fingerprint density at radius 2 is 1.75 bits per heavy atom. The van der Waals surface area contributed by atoms with Crippen LogP contribution in [0.15, 0.2) is 66.9 Å². The Balaban J connectivity index is 1.77. The van der Waals surface area contributed by atoms with Gasteiger partial charge in [0.25, 0.3) is 0 Å². The highest BCUT2D eigenvalue weighted by molar-refractivity contribution is 5.97. The first-order valence-corrected chi connectivity index (χ1v) is 8.77. The molecule has 0 saturated carbocycles. The van der Waals surface area contributed by atoms with Crippen LogP contribution in [0.25, 0.3) is 22.0 Å². The molecule has 0 aliphatic heterocycles. The Hall–Kier alpha value is -3.80. The molecule has 6 nitrogen and oxygen atoms in total. The van der Waals surface area contributed by atoms with Gasteiger partial charge in [0.15, 0.2) is 0 Å². The van der Waals surface area contributed by atoms with Gasteiger partial charge in [-0.15, -0.1) is 4.73 Å². The lowest BCUT2D eigenvalue weighted by molar-refractivity contribution is -0.144. The highest BCUT2D eigenvalue weighted by Crippen LogP contribution is 2.32. The van der Waals surface area contributed by atoms with E-state index in [9.17, 15) is 15.0 Å². The number of carbonyl (C=O) groups excluding carboxylic acids is 1. The second-order valence-corrected chi connectivity index (χ2v) is 6.53. The molecule has 2 heterocycles. The van der Waals surface area contributed by atoms with Crippen molar-refractivity contribution >= 4 is 16.9 Å². The van der Waals surface area contributed by atoms with E-state index in [-0.39, 0.29) is 18.2 Å². The molecule has 2 aromatic carbocycles. The lowest BCUT2D eigenvalue weighted by Gasteiger charge is -2.14. The van der Waals surface area contributed by atoms with Crippen molar-refractivity contribution in [3.63, 3.8) is 0 Å². The summed E-state index contributed by atoms with van der Waals surface area (Å²) in [4.78, 5) is 22.1. The smallest absolute Gasteiger partial charge is 0.337 e. The molecule has 0 saturated heterocycles. The van der Waals surface area contributed by atoms with E-state index in [1.165, 1.54) is 12.1 Å². The number of aromatic hydroxyl groups is 2. The van der Waals surface area contributed by atoms with Crippen molar-refractivity contribution in [1.29, 1.82) is 0 Å². The maximum absolute atomic E-state index is 12.5. The Morgan fingerprint density at radius 1 is 1.04 bits per heavy atom. The van der Waals surface area contributed by atoms with Gasteiger partial charge in [0.05, 0.1) is 11.9 Å². The van der Waals surface area contributed by atoms with Crippen LogP contribution in [0.2, 0.25) is 0 Å². The Bertz CT molecular complexity index is 1150. The second-order valence-electron chi connectivity index (χ2n) is 6.53. The summed E-state index contributed by atoms with van der Waals surface area (Å²) >= 11 is 0. The molecule has 0 spiro atoms. The van der Waals surface area contributed by atoms with Crippen LogP contribution >= 0.6 is 0 Å². The van der Waals surface area contributed by atoms with Crippen LogP contribution in [0.3, 0.4) is 0 Å². The molecule has 2 aromatic heterocycles. The van der Waals surface area contributed by atoms with E-state index < -0.39 is 5.97 Å². The highest BCUT2D eigenvalue weighted by Gasteiger charge is 2.17. The van der Waals surface area contributed by atoms with E-state index in [0.29, 0.717) is 10.3 Å². The van der Waals surface area contributed by atoms with Crippen LogP contribution in [-0.4, -0.2) is 25.9 Å². The lowest BCUT2D eigenvalue weighted by atomic mass is 9.94. The summed E-state index contributed by atoms with van der Waals surface area (Å²) in [7, 11) is 0. The van der Waals surface area contributed by atoms with Gasteiger partial charge in [-0.3, -0.25) is 4.98 Å². The number of rotatable bonds is 4. The molecule has 0 radical (unpaired) electrons. The molecule has 0 atom stereocenters. The minimum atomic E-state index is -0.632. The van der Waals surface area contributed by atoms with Gasteiger partial charge in [-0.25, -0.2) is 4.79 Å². The van der Waals surface area contributed by atoms with E-state index in [4.69, 9.17) is 4.84 Å². The first-order chi connectivity index (χ1) is 13.5. The number of pyridine rings is 1. The van der Waals surface area contributed by atoms with E-state index in [1.54, 1.807) is 6.20 Å². The average Bonchev–Trinajstić information content (AvgIpc) is 3.00. The third-order valence-electron chi connectivity index (χ3n) is 4.49. The molecular formula is C22H18N2O4. The molecule has 0 fully saturated rings. The molecule has 0 bridgehead atoms. The van der Waals surface area contributed by atoms with Gasteiger partial charge >= 0.3 is 5.97 Å². The topological polar surface area (TPSA) is 84.6 Å². The molecule has 0 aliphatic carbocycles. The fraction of sp³-hybridized carbons (Fsp3) is 0.0909. The third kappa shape index (κ3) is 3.27. The first-order valence-electron chi connectivity index (χ1n) is 8.77. The number of nitrogens with zero attached hydrogens (tertiary/aromatic N) is 2. The molecule has 6 heteroatoms. The van der Waals surface area contributed by atoms with Crippen LogP contribution in [0.5, 0.6) is 11.8 Å². The Kier molecular flexibility index (Phi) is 4.45. The number of fused-ring (bicyclic) bond motifs is 1. The molecule has 0 aliphatic rings. The Labute approximate surface area is 161 Å². The molecule has 28 heavy (non-hydrogen) atoms. The number of aryl methyl sites for hydroxylation is 1. The minimum absolute atomic E-state index is 0.0713. The van der Waals surface area contributed by atoms with Gasteiger partial charge in [-0.2, -0.15) is 0 Å². The maximum Gasteiger partial charge on any atom is 0.337 e. The van der Waals surface area contributed by atoms with Crippen molar-refractivity contribution in [2.45, 2.75) is 13.3 Å². The fourth-order valence-electron chi connectivity index (χ4n) is 3.21. The minimum Gasteiger partial charge on any atom is -0.492 e. The lowest BCUT2D eigenvalue weighted by Crippen LogP contribution is -2.21. The van der Waals surface area contributed by atoms with Crippen LogP contribution in [0.1, 0.15) is 11.1 Å². The van der Waals surface area contributed by atoms with Gasteiger partial charge in [0.2, 0.25) is 11.8 Å². The first kappa shape index (κ1) is 17.6. The SMILES string of the molecule is Cc1ccc2ncc(CC(=O)On3c(O)ccc3O)c(-c3ccccc3)c2c1. The van der Waals surface area contributed by atoms with Crippen molar-refractivity contribution in [2.24, 2.45) is 0 Å². The summed E-state index contributed by atoms with van der Waals surface area (Å²) in [5.41, 5.74) is 4.50. The summed E-state index contributed by atoms with van der Waals surface area (Å²) in [6.07, 6.45) is 1.59. The summed E-state index contributed by atoms with van der Waals surface area (Å²) in [6.45, 7) is 2.01. The van der Waals surface area contributed by atoms with Crippen LogP contribution in [0, 0.1) is 6.92 Å². The van der Waals surface area contributed by atoms with Gasteiger partial charge < -0.3 is 15.1 Å². The quantitative estimate of drug-likeness (QED) is 0.570. The van der Waals surface area contributed by atoms with Crippen LogP contribution in [-0.2, 0) is 11.2 Å². The highest BCUT2D eigenvalue weighted by atomic mass is 16.7. The van der Waals surface area contributed by atoms with Gasteiger partial charge in [-0.05, 0) is 35.7 Å². The number of carbonyl (C=O) groups is 1. The van der Waals surface area contributed by atoms with Crippen molar-refractivity contribution in [2.75, 3.05) is 0 Å². The largest absolute Gasteiger partial charge is 0.492 e. The van der Waals surface area contributed by atoms with Crippen LogP contribution in [0.4, 0.5) is 0 Å². The van der Waals surface area contributed by atoms with Crippen molar-refractivity contribution in [3.8, 4) is 22.9 Å². The van der Waals surface area contributed by atoms with E-state index in [0.717, 1.165) is 27.6 Å². The zero-order valence-corrected chi connectivity index (χ0v) is 15.2. The zero-order chi connectivity index (χ0) is 19.7. The molecular weight excluding hydrogens is 356 g/mol. The fourth-order valence-corrected chi connectivity index (χ4v) is 3.21. The van der Waals surface area contributed by atoms with Crippen LogP contribution < -0.4 is 4.84 Å².